The highest BCUT2D eigenvalue weighted by atomic mass is 127. The Kier molecular flexibility index (Phi) is 7.23. The van der Waals surface area contributed by atoms with E-state index in [9.17, 15) is 14.4 Å². The zero-order valence-electron chi connectivity index (χ0n) is 16.2. The molecule has 3 rings (SSSR count). The van der Waals surface area contributed by atoms with Crippen LogP contribution in [0.2, 0.25) is 0 Å². The summed E-state index contributed by atoms with van der Waals surface area (Å²) in [7, 11) is 0. The van der Waals surface area contributed by atoms with Crippen molar-refractivity contribution in [1.29, 1.82) is 0 Å². The van der Waals surface area contributed by atoms with Crippen LogP contribution in [0.1, 0.15) is 28.4 Å². The standard InChI is InChI=1S/C21H17IN2O6S/c1-2-29-16-9-12(7-14-18(25)23-21(31)24-19(14)26)8-15(22)17(16)30-10-11-3-5-13(6-4-11)20(27)28/h3-9H,2,10H2,1H3,(H,27,28)(H2,23,24,25,26,31). The summed E-state index contributed by atoms with van der Waals surface area (Å²) in [5.41, 5.74) is 1.50. The highest BCUT2D eigenvalue weighted by Crippen LogP contribution is 2.35. The lowest BCUT2D eigenvalue weighted by Gasteiger charge is -2.17. The fourth-order valence-corrected chi connectivity index (χ4v) is 3.71. The molecule has 2 aromatic rings. The minimum Gasteiger partial charge on any atom is -0.490 e. The van der Waals surface area contributed by atoms with E-state index < -0.39 is 17.8 Å². The number of carboxylic acid groups (broad SMARTS) is 1. The van der Waals surface area contributed by atoms with Gasteiger partial charge in [0.2, 0.25) is 0 Å². The lowest BCUT2D eigenvalue weighted by atomic mass is 10.1. The Bertz CT molecular complexity index is 1080. The molecule has 8 nitrogen and oxygen atoms in total. The van der Waals surface area contributed by atoms with Crippen molar-refractivity contribution in [2.75, 3.05) is 6.61 Å². The third-order valence-electron chi connectivity index (χ3n) is 4.17. The molecule has 10 heteroatoms. The second kappa shape index (κ2) is 9.88. The molecule has 0 radical (unpaired) electrons. The molecule has 31 heavy (non-hydrogen) atoms. The van der Waals surface area contributed by atoms with Crippen molar-refractivity contribution in [3.8, 4) is 11.5 Å². The molecule has 0 aliphatic carbocycles. The second-order valence-electron chi connectivity index (χ2n) is 6.35. The van der Waals surface area contributed by atoms with Crippen LogP contribution >= 0.6 is 34.8 Å². The molecule has 160 valence electrons. The summed E-state index contributed by atoms with van der Waals surface area (Å²) in [5.74, 6) is -1.19. The Labute approximate surface area is 196 Å². The van der Waals surface area contributed by atoms with Gasteiger partial charge in [0.25, 0.3) is 11.8 Å². The van der Waals surface area contributed by atoms with Gasteiger partial charge in [-0.1, -0.05) is 12.1 Å². The molecule has 0 atom stereocenters. The van der Waals surface area contributed by atoms with Crippen molar-refractivity contribution in [2.24, 2.45) is 0 Å². The number of carboxylic acids is 1. The number of carbonyl (C=O) groups is 3. The van der Waals surface area contributed by atoms with Crippen molar-refractivity contribution in [1.82, 2.24) is 10.6 Å². The molecule has 0 spiro atoms. The zero-order chi connectivity index (χ0) is 22.5. The van der Waals surface area contributed by atoms with Crippen LogP contribution in [-0.4, -0.2) is 34.6 Å². The fraction of sp³-hybridized carbons (Fsp3) is 0.143. The number of ether oxygens (including phenoxy) is 2. The van der Waals surface area contributed by atoms with Crippen molar-refractivity contribution in [3.63, 3.8) is 0 Å². The molecule has 2 amide bonds. The van der Waals surface area contributed by atoms with Crippen molar-refractivity contribution in [2.45, 2.75) is 13.5 Å². The van der Waals surface area contributed by atoms with Gasteiger partial charge in [-0.15, -0.1) is 0 Å². The zero-order valence-corrected chi connectivity index (χ0v) is 19.2. The number of amides is 2. The van der Waals surface area contributed by atoms with E-state index in [-0.39, 0.29) is 22.9 Å². The quantitative estimate of drug-likeness (QED) is 0.210. The highest BCUT2D eigenvalue weighted by molar-refractivity contribution is 14.1. The number of hydrogen-bond acceptors (Lipinski definition) is 6. The molecule has 2 aromatic carbocycles. The van der Waals surface area contributed by atoms with Crippen LogP contribution in [0.25, 0.3) is 6.08 Å². The van der Waals surface area contributed by atoms with Gasteiger partial charge in [0, 0.05) is 0 Å². The molecule has 1 saturated heterocycles. The maximum absolute atomic E-state index is 12.1. The highest BCUT2D eigenvalue weighted by Gasteiger charge is 2.26. The van der Waals surface area contributed by atoms with Gasteiger partial charge in [0.15, 0.2) is 16.6 Å². The normalized spacial score (nSPS) is 13.4. The minimum absolute atomic E-state index is 0.0307. The van der Waals surface area contributed by atoms with Crippen LogP contribution in [0.3, 0.4) is 0 Å². The predicted octanol–water partition coefficient (Wildman–Crippen LogP) is 2.88. The van der Waals surface area contributed by atoms with E-state index in [2.05, 4.69) is 33.2 Å². The van der Waals surface area contributed by atoms with Crippen LogP contribution < -0.4 is 20.1 Å². The van der Waals surface area contributed by atoms with Gasteiger partial charge >= 0.3 is 5.97 Å². The monoisotopic (exact) mass is 552 g/mol. The fourth-order valence-electron chi connectivity index (χ4n) is 2.75. The Morgan fingerprint density at radius 3 is 2.35 bits per heavy atom. The molecule has 1 heterocycles. The summed E-state index contributed by atoms with van der Waals surface area (Å²) in [6, 6.07) is 9.81. The van der Waals surface area contributed by atoms with Gasteiger partial charge < -0.3 is 14.6 Å². The Morgan fingerprint density at radius 1 is 1.13 bits per heavy atom. The number of halogens is 1. The Balaban J connectivity index is 1.85. The third-order valence-corrected chi connectivity index (χ3v) is 5.18. The summed E-state index contributed by atoms with van der Waals surface area (Å²) in [6.45, 7) is 2.42. The first kappa shape index (κ1) is 22.7. The largest absolute Gasteiger partial charge is 0.490 e. The molecule has 1 aliphatic heterocycles. The van der Waals surface area contributed by atoms with Crippen molar-refractivity contribution < 1.29 is 29.0 Å². The maximum Gasteiger partial charge on any atom is 0.335 e. The van der Waals surface area contributed by atoms with Crippen LogP contribution in [0.5, 0.6) is 11.5 Å². The number of thiocarbonyl (C=S) groups is 1. The molecular weight excluding hydrogens is 535 g/mol. The molecule has 3 N–H and O–H groups in total. The summed E-state index contributed by atoms with van der Waals surface area (Å²) < 4.78 is 12.3. The van der Waals surface area contributed by atoms with E-state index in [0.29, 0.717) is 27.2 Å². The Morgan fingerprint density at radius 2 is 1.77 bits per heavy atom. The first-order chi connectivity index (χ1) is 14.8. The van der Waals surface area contributed by atoms with E-state index in [4.69, 9.17) is 26.8 Å². The average Bonchev–Trinajstić information content (AvgIpc) is 2.70. The van der Waals surface area contributed by atoms with Crippen LogP contribution in [-0.2, 0) is 16.2 Å². The second-order valence-corrected chi connectivity index (χ2v) is 7.92. The molecule has 0 unspecified atom stereocenters. The maximum atomic E-state index is 12.1. The van der Waals surface area contributed by atoms with Gasteiger partial charge in [-0.25, -0.2) is 4.79 Å². The molecule has 1 aliphatic rings. The molecule has 0 aromatic heterocycles. The summed E-state index contributed by atoms with van der Waals surface area (Å²) >= 11 is 6.88. The minimum atomic E-state index is -0.993. The number of benzene rings is 2. The number of nitrogens with one attached hydrogen (secondary N) is 2. The third kappa shape index (κ3) is 5.58. The first-order valence-corrected chi connectivity index (χ1v) is 10.6. The van der Waals surface area contributed by atoms with E-state index in [1.807, 2.05) is 6.92 Å². The van der Waals surface area contributed by atoms with Crippen molar-refractivity contribution in [3.05, 3.63) is 62.2 Å². The summed E-state index contributed by atoms with van der Waals surface area (Å²) in [6.07, 6.45) is 1.45. The number of aromatic carboxylic acids is 1. The van der Waals surface area contributed by atoms with E-state index in [0.717, 1.165) is 5.56 Å². The van der Waals surface area contributed by atoms with Crippen LogP contribution in [0.4, 0.5) is 0 Å². The number of hydrogen-bond donors (Lipinski definition) is 3. The Hall–Kier alpha value is -2.99. The van der Waals surface area contributed by atoms with E-state index >= 15 is 0 Å². The summed E-state index contributed by atoms with van der Waals surface area (Å²) in [4.78, 5) is 35.1. The lowest BCUT2D eigenvalue weighted by molar-refractivity contribution is -0.123. The van der Waals surface area contributed by atoms with Crippen LogP contribution in [0.15, 0.2) is 42.0 Å². The van der Waals surface area contributed by atoms with E-state index in [1.54, 1.807) is 24.3 Å². The first-order valence-electron chi connectivity index (χ1n) is 9.08. The van der Waals surface area contributed by atoms with Gasteiger partial charge in [0.05, 0.1) is 15.7 Å². The van der Waals surface area contributed by atoms with E-state index in [1.165, 1.54) is 18.2 Å². The molecule has 0 bridgehead atoms. The molecule has 0 saturated carbocycles. The number of rotatable bonds is 7. The SMILES string of the molecule is CCOc1cc(C=C2C(=O)NC(=S)NC2=O)cc(I)c1OCc1ccc(C(=O)O)cc1. The lowest BCUT2D eigenvalue weighted by Crippen LogP contribution is -2.51. The van der Waals surface area contributed by atoms with Gasteiger partial charge in [-0.3, -0.25) is 20.2 Å². The molecular formula is C21H17IN2O6S. The smallest absolute Gasteiger partial charge is 0.335 e. The topological polar surface area (TPSA) is 114 Å². The summed E-state index contributed by atoms with van der Waals surface area (Å²) in [5, 5.41) is 13.8. The average molecular weight is 552 g/mol. The van der Waals surface area contributed by atoms with Crippen LogP contribution in [0, 0.1) is 3.57 Å². The van der Waals surface area contributed by atoms with Gasteiger partial charge in [-0.05, 0) is 83.2 Å². The number of carbonyl (C=O) groups excluding carboxylic acids is 2. The predicted molar refractivity (Wildman–Crippen MR) is 125 cm³/mol. The van der Waals surface area contributed by atoms with Crippen molar-refractivity contribution >= 4 is 63.8 Å². The van der Waals surface area contributed by atoms with Gasteiger partial charge in [-0.2, -0.15) is 0 Å². The van der Waals surface area contributed by atoms with Gasteiger partial charge in [0.1, 0.15) is 12.2 Å². The molecule has 1 fully saturated rings.